The van der Waals surface area contributed by atoms with Crippen molar-refractivity contribution in [1.82, 2.24) is 14.8 Å². The first-order valence-corrected chi connectivity index (χ1v) is 12.5. The number of halogens is 1. The fourth-order valence-electron chi connectivity index (χ4n) is 4.91. The van der Waals surface area contributed by atoms with E-state index in [9.17, 15) is 4.79 Å². The van der Waals surface area contributed by atoms with Crippen LogP contribution in [0.2, 0.25) is 5.02 Å². The number of likely N-dealkylation sites (tertiary alicyclic amines) is 1. The Bertz CT molecular complexity index is 1070. The molecule has 1 saturated heterocycles. The number of hydrogen-bond acceptors (Lipinski definition) is 3. The molecule has 2 atom stereocenters. The Morgan fingerprint density at radius 3 is 2.44 bits per heavy atom. The Morgan fingerprint density at radius 1 is 1.06 bits per heavy atom. The first kappa shape index (κ1) is 24.4. The topological polar surface area (TPSA) is 36.4 Å². The predicted molar refractivity (Wildman–Crippen MR) is 139 cm³/mol. The molecule has 4 rings (SSSR count). The highest BCUT2D eigenvalue weighted by molar-refractivity contribution is 6.30. The van der Waals surface area contributed by atoms with Crippen molar-refractivity contribution in [2.45, 2.75) is 39.8 Å². The summed E-state index contributed by atoms with van der Waals surface area (Å²) in [6.07, 6.45) is 3.64. The maximum atomic E-state index is 13.2. The van der Waals surface area contributed by atoms with Gasteiger partial charge in [0, 0.05) is 62.0 Å². The van der Waals surface area contributed by atoms with Gasteiger partial charge in [-0.3, -0.25) is 14.7 Å². The average molecular weight is 476 g/mol. The SMILES string of the molecule is Cc1ccc(C2CN(Cc3ccc(Cl)cc3)CC2CN(Cc2cccnc2)C(=O)C(C)C)cc1. The molecule has 178 valence electrons. The highest BCUT2D eigenvalue weighted by Crippen LogP contribution is 2.35. The second-order valence-electron chi connectivity index (χ2n) is 9.83. The van der Waals surface area contributed by atoms with Gasteiger partial charge in [0.1, 0.15) is 0 Å². The van der Waals surface area contributed by atoms with Gasteiger partial charge in [-0.25, -0.2) is 0 Å². The molecular weight excluding hydrogens is 442 g/mol. The molecule has 1 aliphatic rings. The lowest BCUT2D eigenvalue weighted by Gasteiger charge is -2.30. The second kappa shape index (κ2) is 11.2. The third-order valence-corrected chi connectivity index (χ3v) is 6.95. The average Bonchev–Trinajstić information content (AvgIpc) is 3.22. The van der Waals surface area contributed by atoms with Gasteiger partial charge < -0.3 is 4.90 Å². The third kappa shape index (κ3) is 6.25. The zero-order valence-electron chi connectivity index (χ0n) is 20.3. The van der Waals surface area contributed by atoms with Gasteiger partial charge in [0.15, 0.2) is 0 Å². The number of rotatable bonds is 8. The molecule has 2 unspecified atom stereocenters. The van der Waals surface area contributed by atoms with E-state index in [1.165, 1.54) is 16.7 Å². The molecule has 2 aromatic carbocycles. The van der Waals surface area contributed by atoms with E-state index in [1.807, 2.05) is 49.2 Å². The van der Waals surface area contributed by atoms with Crippen molar-refractivity contribution in [3.05, 3.63) is 100 Å². The Morgan fingerprint density at radius 2 is 1.79 bits per heavy atom. The molecule has 1 aliphatic heterocycles. The van der Waals surface area contributed by atoms with Crippen LogP contribution in [0.15, 0.2) is 73.1 Å². The van der Waals surface area contributed by atoms with Crippen LogP contribution >= 0.6 is 11.6 Å². The van der Waals surface area contributed by atoms with Crippen molar-refractivity contribution in [3.8, 4) is 0 Å². The maximum Gasteiger partial charge on any atom is 0.225 e. The predicted octanol–water partition coefficient (Wildman–Crippen LogP) is 5.94. The number of amides is 1. The number of aryl methyl sites for hydroxylation is 1. The van der Waals surface area contributed by atoms with E-state index in [4.69, 9.17) is 11.6 Å². The molecule has 0 bridgehead atoms. The largest absolute Gasteiger partial charge is 0.338 e. The Labute approximate surface area is 208 Å². The van der Waals surface area contributed by atoms with Gasteiger partial charge in [0.25, 0.3) is 0 Å². The summed E-state index contributed by atoms with van der Waals surface area (Å²) >= 11 is 6.09. The van der Waals surface area contributed by atoms with Crippen LogP contribution < -0.4 is 0 Å². The van der Waals surface area contributed by atoms with E-state index in [0.29, 0.717) is 18.4 Å². The van der Waals surface area contributed by atoms with Gasteiger partial charge >= 0.3 is 0 Å². The Hall–Kier alpha value is -2.69. The van der Waals surface area contributed by atoms with Crippen molar-refractivity contribution in [2.75, 3.05) is 19.6 Å². The van der Waals surface area contributed by atoms with Crippen LogP contribution in [-0.4, -0.2) is 40.3 Å². The zero-order chi connectivity index (χ0) is 24.1. The van der Waals surface area contributed by atoms with E-state index in [2.05, 4.69) is 53.2 Å². The molecule has 1 aromatic heterocycles. The lowest BCUT2D eigenvalue weighted by Crippen LogP contribution is -2.39. The molecule has 0 N–H and O–H groups in total. The van der Waals surface area contributed by atoms with Crippen molar-refractivity contribution in [2.24, 2.45) is 11.8 Å². The van der Waals surface area contributed by atoms with Crippen LogP contribution in [0.1, 0.15) is 42.0 Å². The van der Waals surface area contributed by atoms with Gasteiger partial charge in [-0.1, -0.05) is 73.5 Å². The van der Waals surface area contributed by atoms with Crippen molar-refractivity contribution in [1.29, 1.82) is 0 Å². The molecule has 3 aromatic rings. The second-order valence-corrected chi connectivity index (χ2v) is 10.3. The van der Waals surface area contributed by atoms with Gasteiger partial charge in [-0.05, 0) is 47.7 Å². The molecule has 1 amide bonds. The van der Waals surface area contributed by atoms with Crippen LogP contribution in [0.5, 0.6) is 0 Å². The van der Waals surface area contributed by atoms with E-state index in [-0.39, 0.29) is 11.8 Å². The van der Waals surface area contributed by atoms with Crippen LogP contribution in [0.3, 0.4) is 0 Å². The minimum atomic E-state index is -0.0407. The number of nitrogens with zero attached hydrogens (tertiary/aromatic N) is 3. The van der Waals surface area contributed by atoms with Crippen molar-refractivity contribution < 1.29 is 4.79 Å². The number of pyridine rings is 1. The van der Waals surface area contributed by atoms with E-state index < -0.39 is 0 Å². The summed E-state index contributed by atoms with van der Waals surface area (Å²) in [6.45, 7) is 10.2. The highest BCUT2D eigenvalue weighted by Gasteiger charge is 2.36. The quantitative estimate of drug-likeness (QED) is 0.404. The minimum absolute atomic E-state index is 0.0407. The highest BCUT2D eigenvalue weighted by atomic mass is 35.5. The zero-order valence-corrected chi connectivity index (χ0v) is 21.1. The van der Waals surface area contributed by atoms with Crippen molar-refractivity contribution >= 4 is 17.5 Å². The summed E-state index contributed by atoms with van der Waals surface area (Å²) in [5.41, 5.74) is 4.95. The number of aromatic nitrogens is 1. The minimum Gasteiger partial charge on any atom is -0.338 e. The van der Waals surface area contributed by atoms with Gasteiger partial charge in [0.05, 0.1) is 0 Å². The third-order valence-electron chi connectivity index (χ3n) is 6.70. The molecular formula is C29H34ClN3O. The normalized spacial score (nSPS) is 18.4. The first-order valence-electron chi connectivity index (χ1n) is 12.1. The molecule has 0 saturated carbocycles. The lowest BCUT2D eigenvalue weighted by atomic mass is 9.88. The van der Waals surface area contributed by atoms with E-state index in [0.717, 1.165) is 36.8 Å². The van der Waals surface area contributed by atoms with E-state index >= 15 is 0 Å². The fourth-order valence-corrected chi connectivity index (χ4v) is 5.03. The lowest BCUT2D eigenvalue weighted by molar-refractivity contribution is -0.135. The molecule has 2 heterocycles. The summed E-state index contributed by atoms with van der Waals surface area (Å²) in [6, 6.07) is 21.0. The fraction of sp³-hybridized carbons (Fsp3) is 0.379. The summed E-state index contributed by atoms with van der Waals surface area (Å²) < 4.78 is 0. The molecule has 0 radical (unpaired) electrons. The molecule has 0 spiro atoms. The van der Waals surface area contributed by atoms with Gasteiger partial charge in [-0.2, -0.15) is 0 Å². The Kier molecular flexibility index (Phi) is 8.02. The number of carbonyl (C=O) groups excluding carboxylic acids is 1. The smallest absolute Gasteiger partial charge is 0.225 e. The van der Waals surface area contributed by atoms with Crippen LogP contribution in [-0.2, 0) is 17.9 Å². The summed E-state index contributed by atoms with van der Waals surface area (Å²) in [5, 5.41) is 0.763. The van der Waals surface area contributed by atoms with Gasteiger partial charge in [0.2, 0.25) is 5.91 Å². The number of benzene rings is 2. The monoisotopic (exact) mass is 475 g/mol. The Balaban J connectivity index is 1.57. The molecule has 34 heavy (non-hydrogen) atoms. The first-order chi connectivity index (χ1) is 16.4. The summed E-state index contributed by atoms with van der Waals surface area (Å²) in [4.78, 5) is 22.0. The van der Waals surface area contributed by atoms with Crippen LogP contribution in [0, 0.1) is 18.8 Å². The summed E-state index contributed by atoms with van der Waals surface area (Å²) in [5.74, 6) is 0.891. The molecule has 0 aliphatic carbocycles. The number of carbonyl (C=O) groups is 1. The van der Waals surface area contributed by atoms with Crippen LogP contribution in [0.25, 0.3) is 0 Å². The molecule has 1 fully saturated rings. The van der Waals surface area contributed by atoms with Gasteiger partial charge in [-0.15, -0.1) is 0 Å². The van der Waals surface area contributed by atoms with Crippen LogP contribution in [0.4, 0.5) is 0 Å². The summed E-state index contributed by atoms with van der Waals surface area (Å²) in [7, 11) is 0. The maximum absolute atomic E-state index is 13.2. The van der Waals surface area contributed by atoms with Crippen molar-refractivity contribution in [3.63, 3.8) is 0 Å². The standard InChI is InChI=1S/C29H34ClN3O/c1-21(2)29(34)33(17-24-5-4-14-31-15-24)19-26-18-32(16-23-8-12-27(30)13-9-23)20-28(26)25-10-6-22(3)7-11-25/h4-15,21,26,28H,16-20H2,1-3H3. The number of hydrogen-bond donors (Lipinski definition) is 0. The molecule has 5 heteroatoms. The molecule has 4 nitrogen and oxygen atoms in total. The van der Waals surface area contributed by atoms with E-state index in [1.54, 1.807) is 6.20 Å².